The molecule has 0 saturated carbocycles. The summed E-state index contributed by atoms with van der Waals surface area (Å²) in [5.41, 5.74) is 0. The van der Waals surface area contributed by atoms with Gasteiger partial charge in [0.25, 0.3) is 0 Å². The van der Waals surface area contributed by atoms with Crippen molar-refractivity contribution in [3.63, 3.8) is 0 Å². The first-order chi connectivity index (χ1) is 9.74. The third kappa shape index (κ3) is 3.77. The lowest BCUT2D eigenvalue weighted by Gasteiger charge is -2.33. The minimum atomic E-state index is -0.287. The van der Waals surface area contributed by atoms with E-state index in [0.29, 0.717) is 25.6 Å². The molecule has 1 fully saturated rings. The van der Waals surface area contributed by atoms with Gasteiger partial charge in [-0.25, -0.2) is 0 Å². The van der Waals surface area contributed by atoms with E-state index in [0.717, 1.165) is 31.8 Å². The molecular formula is C13H22N4O3. The molecule has 0 amide bonds. The van der Waals surface area contributed by atoms with Crippen LogP contribution in [0.3, 0.4) is 0 Å². The summed E-state index contributed by atoms with van der Waals surface area (Å²) in [5, 5.41) is 7.14. The minimum Gasteiger partial charge on any atom is -0.465 e. The van der Waals surface area contributed by atoms with E-state index in [1.54, 1.807) is 0 Å². The Bertz CT molecular complexity index is 435. The molecule has 1 atom stereocenters. The summed E-state index contributed by atoms with van der Waals surface area (Å²) in [6.45, 7) is 6.96. The largest absolute Gasteiger partial charge is 0.465 e. The highest BCUT2D eigenvalue weighted by atomic mass is 16.5. The van der Waals surface area contributed by atoms with Gasteiger partial charge in [-0.1, -0.05) is 12.1 Å². The number of carbonyl (C=O) groups is 1. The van der Waals surface area contributed by atoms with E-state index in [2.05, 4.69) is 22.4 Å². The van der Waals surface area contributed by atoms with Gasteiger partial charge in [-0.2, -0.15) is 4.98 Å². The van der Waals surface area contributed by atoms with Gasteiger partial charge < -0.3 is 14.6 Å². The van der Waals surface area contributed by atoms with Crippen LogP contribution in [0, 0.1) is 0 Å². The second kappa shape index (κ2) is 7.35. The summed E-state index contributed by atoms with van der Waals surface area (Å²) < 4.78 is 10.3. The fraction of sp³-hybridized carbons (Fsp3) is 0.769. The summed E-state index contributed by atoms with van der Waals surface area (Å²) >= 11 is 0. The van der Waals surface area contributed by atoms with E-state index >= 15 is 0 Å². The summed E-state index contributed by atoms with van der Waals surface area (Å²) in [4.78, 5) is 18.3. The quantitative estimate of drug-likeness (QED) is 0.754. The van der Waals surface area contributed by atoms with Gasteiger partial charge in [-0.3, -0.25) is 9.69 Å². The molecule has 1 aromatic rings. The van der Waals surface area contributed by atoms with Crippen LogP contribution >= 0.6 is 0 Å². The molecule has 0 aliphatic carbocycles. The van der Waals surface area contributed by atoms with Gasteiger partial charge in [0, 0.05) is 26.1 Å². The van der Waals surface area contributed by atoms with Crippen molar-refractivity contribution in [3.05, 3.63) is 11.7 Å². The fourth-order valence-corrected chi connectivity index (χ4v) is 2.26. The van der Waals surface area contributed by atoms with Crippen LogP contribution in [0.4, 0.5) is 0 Å². The van der Waals surface area contributed by atoms with Crippen molar-refractivity contribution >= 4 is 5.97 Å². The predicted molar refractivity (Wildman–Crippen MR) is 72.0 cm³/mol. The van der Waals surface area contributed by atoms with Crippen LogP contribution in [0.25, 0.3) is 0 Å². The Morgan fingerprint density at radius 3 is 3.15 bits per heavy atom. The molecule has 7 nitrogen and oxygen atoms in total. The zero-order valence-electron chi connectivity index (χ0n) is 12.1. The first kappa shape index (κ1) is 14.9. The zero-order chi connectivity index (χ0) is 14.4. The van der Waals surface area contributed by atoms with Crippen LogP contribution in [-0.2, 0) is 22.5 Å². The topological polar surface area (TPSA) is 80.5 Å². The lowest BCUT2D eigenvalue weighted by molar-refractivity contribution is -0.150. The number of nitrogens with zero attached hydrogens (tertiary/aromatic N) is 3. The summed E-state index contributed by atoms with van der Waals surface area (Å²) in [6.07, 6.45) is 1.80. The number of rotatable bonds is 6. The Kier molecular flexibility index (Phi) is 5.49. The van der Waals surface area contributed by atoms with E-state index < -0.39 is 0 Å². The molecule has 1 saturated heterocycles. The molecule has 7 heteroatoms. The number of aromatic nitrogens is 2. The van der Waals surface area contributed by atoms with Crippen LogP contribution in [0.1, 0.15) is 32.0 Å². The number of piperazine rings is 1. The molecule has 0 bridgehead atoms. The standard InChI is InChI=1S/C13H22N4O3/c1-3-5-11-15-12(20-16-11)9-17-7-6-14-8-10(17)13(18)19-4-2/h10,14H,3-9H2,1-2H3. The number of esters is 1. The van der Waals surface area contributed by atoms with E-state index in [1.807, 2.05) is 11.8 Å². The van der Waals surface area contributed by atoms with Crippen molar-refractivity contribution in [1.82, 2.24) is 20.4 Å². The zero-order valence-corrected chi connectivity index (χ0v) is 12.1. The lowest BCUT2D eigenvalue weighted by atomic mass is 10.2. The molecule has 20 heavy (non-hydrogen) atoms. The average Bonchev–Trinajstić information content (AvgIpc) is 2.87. The van der Waals surface area contributed by atoms with Crippen LogP contribution < -0.4 is 5.32 Å². The molecule has 112 valence electrons. The van der Waals surface area contributed by atoms with E-state index in [-0.39, 0.29) is 12.0 Å². The smallest absolute Gasteiger partial charge is 0.324 e. The Morgan fingerprint density at radius 2 is 2.40 bits per heavy atom. The number of aryl methyl sites for hydroxylation is 1. The maximum absolute atomic E-state index is 11.9. The number of hydrogen-bond donors (Lipinski definition) is 1. The highest BCUT2D eigenvalue weighted by Gasteiger charge is 2.30. The Balaban J connectivity index is 1.98. The number of nitrogens with one attached hydrogen (secondary N) is 1. The van der Waals surface area contributed by atoms with E-state index in [9.17, 15) is 4.79 Å². The van der Waals surface area contributed by atoms with Gasteiger partial charge in [0.1, 0.15) is 6.04 Å². The van der Waals surface area contributed by atoms with Gasteiger partial charge in [0.15, 0.2) is 5.82 Å². The van der Waals surface area contributed by atoms with Crippen LogP contribution in [0.2, 0.25) is 0 Å². The highest BCUT2D eigenvalue weighted by molar-refractivity contribution is 5.76. The third-order valence-electron chi connectivity index (χ3n) is 3.24. The molecule has 1 aromatic heterocycles. The SMILES string of the molecule is CCCc1noc(CN2CCNCC2C(=O)OCC)n1. The van der Waals surface area contributed by atoms with Gasteiger partial charge in [0.05, 0.1) is 13.2 Å². The normalized spacial score (nSPS) is 20.0. The highest BCUT2D eigenvalue weighted by Crippen LogP contribution is 2.11. The second-order valence-corrected chi connectivity index (χ2v) is 4.80. The first-order valence-electron chi connectivity index (χ1n) is 7.17. The van der Waals surface area contributed by atoms with Crippen molar-refractivity contribution in [2.24, 2.45) is 0 Å². The monoisotopic (exact) mass is 282 g/mol. The molecule has 0 spiro atoms. The maximum Gasteiger partial charge on any atom is 0.324 e. The third-order valence-corrected chi connectivity index (χ3v) is 3.24. The lowest BCUT2D eigenvalue weighted by Crippen LogP contribution is -2.54. The van der Waals surface area contributed by atoms with Crippen molar-refractivity contribution in [2.75, 3.05) is 26.2 Å². The summed E-state index contributed by atoms with van der Waals surface area (Å²) in [7, 11) is 0. The van der Waals surface area contributed by atoms with Crippen LogP contribution in [-0.4, -0.2) is 53.3 Å². The minimum absolute atomic E-state index is 0.201. The maximum atomic E-state index is 11.9. The molecule has 1 aliphatic heterocycles. The van der Waals surface area contributed by atoms with E-state index in [4.69, 9.17) is 9.26 Å². The summed E-state index contributed by atoms with van der Waals surface area (Å²) in [6, 6.07) is -0.287. The fourth-order valence-electron chi connectivity index (χ4n) is 2.26. The molecular weight excluding hydrogens is 260 g/mol. The Hall–Kier alpha value is -1.47. The average molecular weight is 282 g/mol. The molecule has 1 unspecified atom stereocenters. The number of carbonyl (C=O) groups excluding carboxylic acids is 1. The van der Waals surface area contributed by atoms with Gasteiger partial charge in [-0.05, 0) is 13.3 Å². The predicted octanol–water partition coefficient (Wildman–Crippen LogP) is 0.359. The Labute approximate surface area is 118 Å². The number of ether oxygens (including phenoxy) is 1. The summed E-state index contributed by atoms with van der Waals surface area (Å²) in [5.74, 6) is 1.09. The van der Waals surface area contributed by atoms with Crippen LogP contribution in [0.5, 0.6) is 0 Å². The van der Waals surface area contributed by atoms with Crippen LogP contribution in [0.15, 0.2) is 4.52 Å². The molecule has 0 aromatic carbocycles. The Morgan fingerprint density at radius 1 is 1.55 bits per heavy atom. The molecule has 2 heterocycles. The molecule has 1 N–H and O–H groups in total. The first-order valence-corrected chi connectivity index (χ1v) is 7.17. The van der Waals surface area contributed by atoms with Crippen molar-refractivity contribution < 1.29 is 14.1 Å². The van der Waals surface area contributed by atoms with Gasteiger partial charge in [-0.15, -0.1) is 0 Å². The molecule has 1 aliphatic rings. The van der Waals surface area contributed by atoms with Gasteiger partial charge in [0.2, 0.25) is 5.89 Å². The van der Waals surface area contributed by atoms with Crippen molar-refractivity contribution in [3.8, 4) is 0 Å². The number of hydrogen-bond acceptors (Lipinski definition) is 7. The second-order valence-electron chi connectivity index (χ2n) is 4.80. The van der Waals surface area contributed by atoms with Crippen molar-refractivity contribution in [1.29, 1.82) is 0 Å². The van der Waals surface area contributed by atoms with E-state index in [1.165, 1.54) is 0 Å². The van der Waals surface area contributed by atoms with Gasteiger partial charge >= 0.3 is 5.97 Å². The van der Waals surface area contributed by atoms with Crippen molar-refractivity contribution in [2.45, 2.75) is 39.3 Å². The molecule has 0 radical (unpaired) electrons. The molecule has 2 rings (SSSR count).